The van der Waals surface area contributed by atoms with Crippen molar-refractivity contribution in [2.75, 3.05) is 14.2 Å². The summed E-state index contributed by atoms with van der Waals surface area (Å²) in [4.78, 5) is 25.5. The average molecular weight is 396 g/mol. The van der Waals surface area contributed by atoms with Crippen molar-refractivity contribution in [1.29, 1.82) is 0 Å². The van der Waals surface area contributed by atoms with E-state index < -0.39 is 17.9 Å². The van der Waals surface area contributed by atoms with Crippen LogP contribution in [0.15, 0.2) is 57.4 Å². The van der Waals surface area contributed by atoms with Gasteiger partial charge in [0.1, 0.15) is 11.5 Å². The molecule has 0 bridgehead atoms. The van der Waals surface area contributed by atoms with E-state index in [2.05, 4.69) is 10.5 Å². The predicted molar refractivity (Wildman–Crippen MR) is 107 cm³/mol. The highest BCUT2D eigenvalue weighted by Gasteiger charge is 2.41. The summed E-state index contributed by atoms with van der Waals surface area (Å²) in [5, 5.41) is 7.38. The van der Waals surface area contributed by atoms with Gasteiger partial charge in [-0.15, -0.1) is 0 Å². The number of rotatable bonds is 5. The van der Waals surface area contributed by atoms with E-state index in [1.165, 1.54) is 14.2 Å². The Kier molecular flexibility index (Phi) is 5.87. The highest BCUT2D eigenvalue weighted by molar-refractivity contribution is 6.00. The molecule has 2 heterocycles. The Morgan fingerprint density at radius 3 is 2.07 bits per heavy atom. The number of aryl methyl sites for hydroxylation is 1. The summed E-state index contributed by atoms with van der Waals surface area (Å²) < 4.78 is 15.7. The highest BCUT2D eigenvalue weighted by Crippen LogP contribution is 2.44. The molecule has 3 rings (SSSR count). The number of benzene rings is 1. The van der Waals surface area contributed by atoms with E-state index >= 15 is 0 Å². The Morgan fingerprint density at radius 2 is 1.59 bits per heavy atom. The number of carbonyl (C=O) groups excluding carboxylic acids is 2. The van der Waals surface area contributed by atoms with Gasteiger partial charge in [-0.1, -0.05) is 42.4 Å². The van der Waals surface area contributed by atoms with Gasteiger partial charge in [-0.3, -0.25) is 0 Å². The summed E-state index contributed by atoms with van der Waals surface area (Å²) >= 11 is 0. The van der Waals surface area contributed by atoms with Crippen LogP contribution in [0.1, 0.15) is 38.0 Å². The van der Waals surface area contributed by atoms with Crippen LogP contribution >= 0.6 is 0 Å². The van der Waals surface area contributed by atoms with Crippen molar-refractivity contribution < 1.29 is 23.6 Å². The normalized spacial score (nSPS) is 14.7. The number of allylic oxidation sites excluding steroid dienone is 2. The Balaban J connectivity index is 2.34. The monoisotopic (exact) mass is 396 g/mol. The Morgan fingerprint density at radius 1 is 1.03 bits per heavy atom. The van der Waals surface area contributed by atoms with Crippen LogP contribution < -0.4 is 5.32 Å². The lowest BCUT2D eigenvalue weighted by atomic mass is 9.78. The number of nitrogens with one attached hydrogen (secondary N) is 1. The van der Waals surface area contributed by atoms with Crippen LogP contribution in [0.5, 0.6) is 0 Å². The van der Waals surface area contributed by atoms with E-state index in [1.54, 1.807) is 13.8 Å². The number of dihydropyridines is 1. The van der Waals surface area contributed by atoms with Crippen molar-refractivity contribution in [1.82, 2.24) is 10.5 Å². The summed E-state index contributed by atoms with van der Waals surface area (Å²) in [5.74, 6) is -1.20. The molecule has 1 aliphatic rings. The summed E-state index contributed by atoms with van der Waals surface area (Å²) in [5.41, 5.74) is 3.94. The first-order valence-corrected chi connectivity index (χ1v) is 9.33. The predicted octanol–water partition coefficient (Wildman–Crippen LogP) is 3.48. The maximum atomic E-state index is 12.7. The topological polar surface area (TPSA) is 90.7 Å². The quantitative estimate of drug-likeness (QED) is 0.774. The lowest BCUT2D eigenvalue weighted by Gasteiger charge is -2.30. The molecule has 0 fully saturated rings. The number of hydrogen-bond donors (Lipinski definition) is 1. The van der Waals surface area contributed by atoms with Gasteiger partial charge in [-0.25, -0.2) is 9.59 Å². The van der Waals surface area contributed by atoms with E-state index in [0.717, 1.165) is 5.56 Å². The van der Waals surface area contributed by atoms with Crippen molar-refractivity contribution >= 4 is 11.9 Å². The fraction of sp³-hybridized carbons (Fsp3) is 0.318. The third kappa shape index (κ3) is 3.55. The van der Waals surface area contributed by atoms with E-state index in [1.807, 2.05) is 37.3 Å². The van der Waals surface area contributed by atoms with Gasteiger partial charge in [0, 0.05) is 28.9 Å². The van der Waals surface area contributed by atoms with Gasteiger partial charge in [0.05, 0.1) is 31.3 Å². The van der Waals surface area contributed by atoms with Crippen LogP contribution in [0, 0.1) is 0 Å². The highest BCUT2D eigenvalue weighted by atomic mass is 16.5. The van der Waals surface area contributed by atoms with E-state index in [-0.39, 0.29) is 0 Å². The van der Waals surface area contributed by atoms with Crippen LogP contribution in [0.2, 0.25) is 0 Å². The first-order chi connectivity index (χ1) is 13.9. The molecule has 1 aromatic heterocycles. The second kappa shape index (κ2) is 8.34. The molecular formula is C22H24N2O5. The number of methoxy groups -OCH3 is 2. The van der Waals surface area contributed by atoms with Gasteiger partial charge >= 0.3 is 11.9 Å². The Bertz CT molecular complexity index is 963. The molecule has 0 radical (unpaired) electrons. The number of esters is 2. The molecule has 2 aromatic rings. The van der Waals surface area contributed by atoms with Gasteiger partial charge in [-0.05, 0) is 13.8 Å². The van der Waals surface area contributed by atoms with Crippen molar-refractivity contribution in [3.63, 3.8) is 0 Å². The Hall–Kier alpha value is -3.35. The third-order valence-corrected chi connectivity index (χ3v) is 5.03. The van der Waals surface area contributed by atoms with Gasteiger partial charge in [-0.2, -0.15) is 0 Å². The van der Waals surface area contributed by atoms with Crippen molar-refractivity contribution in [2.24, 2.45) is 0 Å². The zero-order valence-electron chi connectivity index (χ0n) is 17.2. The van der Waals surface area contributed by atoms with Crippen LogP contribution in [0.3, 0.4) is 0 Å². The number of aromatic nitrogens is 1. The number of nitrogens with zero attached hydrogens (tertiary/aromatic N) is 1. The fourth-order valence-electron chi connectivity index (χ4n) is 3.73. The standard InChI is InChI=1S/C22H24N2O5/c1-6-15-18(20(24-29-15)14-10-8-7-9-11-14)19-16(21(25)27-4)12(2)23-13(3)17(19)22(26)28-5/h7-11,19,23H,6H2,1-5H3. The summed E-state index contributed by atoms with van der Waals surface area (Å²) in [6.07, 6.45) is 0.542. The van der Waals surface area contributed by atoms with Crippen LogP contribution in [0.25, 0.3) is 11.3 Å². The van der Waals surface area contributed by atoms with Crippen LogP contribution in [-0.2, 0) is 25.5 Å². The molecule has 7 heteroatoms. The second-order valence-corrected chi connectivity index (χ2v) is 6.71. The SMILES string of the molecule is CCc1onc(-c2ccccc2)c1C1C(C(=O)OC)=C(C)NC(C)=C1C(=O)OC. The first-order valence-electron chi connectivity index (χ1n) is 9.33. The maximum Gasteiger partial charge on any atom is 0.336 e. The molecular weight excluding hydrogens is 372 g/mol. The molecule has 0 unspecified atom stereocenters. The zero-order valence-corrected chi connectivity index (χ0v) is 17.2. The van der Waals surface area contributed by atoms with E-state index in [0.29, 0.717) is 46.0 Å². The lowest BCUT2D eigenvalue weighted by Crippen LogP contribution is -2.32. The molecule has 29 heavy (non-hydrogen) atoms. The second-order valence-electron chi connectivity index (χ2n) is 6.71. The largest absolute Gasteiger partial charge is 0.466 e. The Labute approximate surface area is 169 Å². The lowest BCUT2D eigenvalue weighted by molar-refractivity contribution is -0.137. The van der Waals surface area contributed by atoms with Gasteiger partial charge in [0.15, 0.2) is 0 Å². The minimum absolute atomic E-state index is 0.327. The maximum absolute atomic E-state index is 12.7. The third-order valence-electron chi connectivity index (χ3n) is 5.03. The van der Waals surface area contributed by atoms with Gasteiger partial charge in [0.2, 0.25) is 0 Å². The average Bonchev–Trinajstić information content (AvgIpc) is 3.16. The van der Waals surface area contributed by atoms with Crippen molar-refractivity contribution in [3.05, 3.63) is 64.2 Å². The molecule has 0 spiro atoms. The molecule has 0 saturated carbocycles. The molecule has 1 aliphatic heterocycles. The number of ether oxygens (including phenoxy) is 2. The summed E-state index contributed by atoms with van der Waals surface area (Å²) in [7, 11) is 2.63. The minimum Gasteiger partial charge on any atom is -0.466 e. The molecule has 1 aromatic carbocycles. The summed E-state index contributed by atoms with van der Waals surface area (Å²) in [6.45, 7) is 5.49. The zero-order chi connectivity index (χ0) is 21.1. The van der Waals surface area contributed by atoms with E-state index in [4.69, 9.17) is 14.0 Å². The molecule has 7 nitrogen and oxygen atoms in total. The first kappa shape index (κ1) is 20.4. The van der Waals surface area contributed by atoms with E-state index in [9.17, 15) is 9.59 Å². The van der Waals surface area contributed by atoms with Gasteiger partial charge < -0.3 is 19.3 Å². The number of hydrogen-bond acceptors (Lipinski definition) is 7. The summed E-state index contributed by atoms with van der Waals surface area (Å²) in [6, 6.07) is 9.51. The fourth-order valence-corrected chi connectivity index (χ4v) is 3.73. The van der Waals surface area contributed by atoms with Crippen molar-refractivity contribution in [2.45, 2.75) is 33.1 Å². The van der Waals surface area contributed by atoms with Gasteiger partial charge in [0.25, 0.3) is 0 Å². The van der Waals surface area contributed by atoms with Crippen molar-refractivity contribution in [3.8, 4) is 11.3 Å². The molecule has 0 atom stereocenters. The molecule has 152 valence electrons. The molecule has 0 saturated heterocycles. The number of carbonyl (C=O) groups is 2. The van der Waals surface area contributed by atoms with Crippen LogP contribution in [0.4, 0.5) is 0 Å². The molecule has 0 amide bonds. The van der Waals surface area contributed by atoms with Crippen LogP contribution in [-0.4, -0.2) is 31.3 Å². The smallest absolute Gasteiger partial charge is 0.336 e. The minimum atomic E-state index is -0.729. The molecule has 0 aliphatic carbocycles. The molecule has 1 N–H and O–H groups in total.